The third-order valence-corrected chi connectivity index (χ3v) is 2.86. The summed E-state index contributed by atoms with van der Waals surface area (Å²) in [6.07, 6.45) is 4.62. The van der Waals surface area contributed by atoms with Gasteiger partial charge in [0.05, 0.1) is 6.61 Å². The van der Waals surface area contributed by atoms with Crippen molar-refractivity contribution in [3.63, 3.8) is 0 Å². The molecule has 1 aromatic heterocycles. The van der Waals surface area contributed by atoms with E-state index in [1.54, 1.807) is 16.9 Å². The van der Waals surface area contributed by atoms with Crippen molar-refractivity contribution in [1.82, 2.24) is 9.78 Å². The molecule has 21 heavy (non-hydrogen) atoms. The largest absolute Gasteiger partial charge is 0.493 e. The Morgan fingerprint density at radius 3 is 2.95 bits per heavy atom. The van der Waals surface area contributed by atoms with Crippen LogP contribution in [0.15, 0.2) is 36.5 Å². The molecule has 0 atom stereocenters. The van der Waals surface area contributed by atoms with Crippen molar-refractivity contribution in [3.8, 4) is 5.75 Å². The molecule has 0 saturated heterocycles. The number of carboxylic acids is 1. The third kappa shape index (κ3) is 4.45. The van der Waals surface area contributed by atoms with Gasteiger partial charge in [-0.1, -0.05) is 0 Å². The minimum atomic E-state index is -1.09. The van der Waals surface area contributed by atoms with Gasteiger partial charge in [-0.2, -0.15) is 5.10 Å². The van der Waals surface area contributed by atoms with Gasteiger partial charge in [-0.25, -0.2) is 9.18 Å². The second kappa shape index (κ2) is 6.69. The van der Waals surface area contributed by atoms with Gasteiger partial charge >= 0.3 is 5.97 Å². The summed E-state index contributed by atoms with van der Waals surface area (Å²) in [7, 11) is 1.84. The third-order valence-electron chi connectivity index (χ3n) is 2.86. The Kier molecular flexibility index (Phi) is 4.71. The summed E-state index contributed by atoms with van der Waals surface area (Å²) in [5.74, 6) is -1.20. The number of benzene rings is 1. The van der Waals surface area contributed by atoms with Crippen molar-refractivity contribution in [2.45, 2.75) is 6.42 Å². The predicted octanol–water partition coefficient (Wildman–Crippen LogP) is 2.28. The lowest BCUT2D eigenvalue weighted by molar-refractivity contribution is -0.131. The summed E-state index contributed by atoms with van der Waals surface area (Å²) in [4.78, 5) is 10.5. The van der Waals surface area contributed by atoms with Gasteiger partial charge in [-0.05, 0) is 29.8 Å². The number of hydrogen-bond acceptors (Lipinski definition) is 3. The molecule has 2 rings (SSSR count). The summed E-state index contributed by atoms with van der Waals surface area (Å²) in [6.45, 7) is 0.380. The van der Waals surface area contributed by atoms with Crippen LogP contribution >= 0.6 is 0 Å². The van der Waals surface area contributed by atoms with Gasteiger partial charge in [0.15, 0.2) is 0 Å². The maximum absolute atomic E-state index is 13.4. The highest BCUT2D eigenvalue weighted by atomic mass is 19.1. The molecular weight excluding hydrogens is 275 g/mol. The van der Waals surface area contributed by atoms with Gasteiger partial charge in [0, 0.05) is 37.5 Å². The molecular formula is C15H15FN2O3. The number of rotatable bonds is 6. The van der Waals surface area contributed by atoms with Crippen molar-refractivity contribution >= 4 is 12.0 Å². The molecule has 0 unspecified atom stereocenters. The Bertz CT molecular complexity index is 665. The summed E-state index contributed by atoms with van der Waals surface area (Å²) < 4.78 is 20.7. The van der Waals surface area contributed by atoms with E-state index in [2.05, 4.69) is 5.10 Å². The number of hydrogen-bond donors (Lipinski definition) is 1. The van der Waals surface area contributed by atoms with E-state index in [9.17, 15) is 9.18 Å². The first-order valence-corrected chi connectivity index (χ1v) is 6.36. The van der Waals surface area contributed by atoms with Crippen LogP contribution in [-0.4, -0.2) is 27.5 Å². The Morgan fingerprint density at radius 2 is 2.29 bits per heavy atom. The van der Waals surface area contributed by atoms with Gasteiger partial charge in [0.25, 0.3) is 0 Å². The monoisotopic (exact) mass is 290 g/mol. The van der Waals surface area contributed by atoms with E-state index in [1.165, 1.54) is 18.2 Å². The Morgan fingerprint density at radius 1 is 1.48 bits per heavy atom. The number of halogens is 1. The highest BCUT2D eigenvalue weighted by Crippen LogP contribution is 2.18. The summed E-state index contributed by atoms with van der Waals surface area (Å²) in [6, 6.07) is 5.98. The summed E-state index contributed by atoms with van der Waals surface area (Å²) >= 11 is 0. The fraction of sp³-hybridized carbons (Fsp3) is 0.200. The molecule has 1 N–H and O–H groups in total. The van der Waals surface area contributed by atoms with Crippen molar-refractivity contribution < 1.29 is 19.0 Å². The number of nitrogens with zero attached hydrogens (tertiary/aromatic N) is 2. The van der Waals surface area contributed by atoms with Crippen LogP contribution in [-0.2, 0) is 18.3 Å². The molecule has 2 aromatic rings. The van der Waals surface area contributed by atoms with E-state index in [0.717, 1.165) is 11.8 Å². The molecule has 6 heteroatoms. The summed E-state index contributed by atoms with van der Waals surface area (Å²) in [5, 5.41) is 12.6. The fourth-order valence-electron chi connectivity index (χ4n) is 1.85. The molecule has 0 saturated carbocycles. The second-order valence-corrected chi connectivity index (χ2v) is 4.44. The average molecular weight is 290 g/mol. The van der Waals surface area contributed by atoms with Gasteiger partial charge in [0.2, 0.25) is 0 Å². The van der Waals surface area contributed by atoms with Gasteiger partial charge < -0.3 is 9.84 Å². The number of carboxylic acid groups (broad SMARTS) is 1. The Labute approximate surface area is 121 Å². The molecule has 0 spiro atoms. The molecule has 5 nitrogen and oxygen atoms in total. The molecule has 0 bridgehead atoms. The smallest absolute Gasteiger partial charge is 0.328 e. The van der Waals surface area contributed by atoms with Gasteiger partial charge in [0.1, 0.15) is 11.6 Å². The van der Waals surface area contributed by atoms with E-state index in [-0.39, 0.29) is 0 Å². The molecule has 1 aromatic carbocycles. The first-order chi connectivity index (χ1) is 10.0. The van der Waals surface area contributed by atoms with Crippen LogP contribution in [0.25, 0.3) is 6.08 Å². The lowest BCUT2D eigenvalue weighted by Gasteiger charge is -2.07. The summed E-state index contributed by atoms with van der Waals surface area (Å²) in [5.41, 5.74) is 1.45. The van der Waals surface area contributed by atoms with E-state index in [4.69, 9.17) is 9.84 Å². The highest BCUT2D eigenvalue weighted by molar-refractivity contribution is 5.85. The standard InChI is InChI=1S/C15H15FN2O3/c1-18-13(4-6-17-18)5-7-21-14-9-11(2-3-15(19)20)8-12(16)10-14/h2-4,6,8-10H,5,7H2,1H3,(H,19,20)/b3-2+. The minimum absolute atomic E-state index is 0.363. The molecule has 110 valence electrons. The molecule has 0 fully saturated rings. The zero-order valence-corrected chi connectivity index (χ0v) is 11.5. The van der Waals surface area contributed by atoms with Crippen LogP contribution in [0.2, 0.25) is 0 Å². The second-order valence-electron chi connectivity index (χ2n) is 4.44. The van der Waals surface area contributed by atoms with Crippen molar-refractivity contribution in [1.29, 1.82) is 0 Å². The van der Waals surface area contributed by atoms with E-state index >= 15 is 0 Å². The molecule has 0 aliphatic rings. The first kappa shape index (κ1) is 14.8. The zero-order valence-electron chi connectivity index (χ0n) is 11.5. The predicted molar refractivity (Wildman–Crippen MR) is 75.5 cm³/mol. The van der Waals surface area contributed by atoms with Crippen molar-refractivity contribution in [3.05, 3.63) is 53.6 Å². The normalized spacial score (nSPS) is 11.0. The van der Waals surface area contributed by atoms with Crippen LogP contribution in [0.1, 0.15) is 11.3 Å². The van der Waals surface area contributed by atoms with Gasteiger partial charge in [-0.3, -0.25) is 4.68 Å². The van der Waals surface area contributed by atoms with Crippen LogP contribution in [0.4, 0.5) is 4.39 Å². The number of aromatic nitrogens is 2. The topological polar surface area (TPSA) is 64.4 Å². The van der Waals surface area contributed by atoms with Gasteiger partial charge in [-0.15, -0.1) is 0 Å². The number of ether oxygens (including phenoxy) is 1. The lowest BCUT2D eigenvalue weighted by atomic mass is 10.2. The first-order valence-electron chi connectivity index (χ1n) is 6.36. The van der Waals surface area contributed by atoms with E-state index in [1.807, 2.05) is 13.1 Å². The van der Waals surface area contributed by atoms with E-state index < -0.39 is 11.8 Å². The molecule has 0 aliphatic heterocycles. The van der Waals surface area contributed by atoms with Crippen LogP contribution < -0.4 is 4.74 Å². The molecule has 0 aliphatic carbocycles. The van der Waals surface area contributed by atoms with Crippen molar-refractivity contribution in [2.75, 3.05) is 6.61 Å². The Balaban J connectivity index is 1.99. The van der Waals surface area contributed by atoms with Crippen LogP contribution in [0.3, 0.4) is 0 Å². The van der Waals surface area contributed by atoms with E-state index in [0.29, 0.717) is 24.3 Å². The van der Waals surface area contributed by atoms with Crippen LogP contribution in [0.5, 0.6) is 5.75 Å². The highest BCUT2D eigenvalue weighted by Gasteiger charge is 2.03. The molecule has 0 radical (unpaired) electrons. The number of carbonyl (C=O) groups is 1. The Hall–Kier alpha value is -2.63. The molecule has 0 amide bonds. The van der Waals surface area contributed by atoms with Crippen LogP contribution in [0, 0.1) is 5.82 Å². The van der Waals surface area contributed by atoms with Crippen molar-refractivity contribution in [2.24, 2.45) is 7.05 Å². The lowest BCUT2D eigenvalue weighted by Crippen LogP contribution is -2.06. The average Bonchev–Trinajstić information content (AvgIpc) is 2.82. The SMILES string of the molecule is Cn1nccc1CCOc1cc(F)cc(/C=C/C(=O)O)c1. The molecule has 1 heterocycles. The maximum atomic E-state index is 13.4. The maximum Gasteiger partial charge on any atom is 0.328 e. The number of aliphatic carboxylic acids is 1. The number of aryl methyl sites for hydroxylation is 1. The fourth-order valence-corrected chi connectivity index (χ4v) is 1.85. The zero-order chi connectivity index (χ0) is 15.2. The minimum Gasteiger partial charge on any atom is -0.493 e. The quantitative estimate of drug-likeness (QED) is 0.829.